The molecule has 14 atom stereocenters. The van der Waals surface area contributed by atoms with Gasteiger partial charge in [0.2, 0.25) is 82.7 Å². The van der Waals surface area contributed by atoms with Crippen LogP contribution in [0.3, 0.4) is 0 Å². The Morgan fingerprint density at radius 3 is 1.44 bits per heavy atom. The Kier molecular flexibility index (Phi) is 35.6. The number of nitrogens with one attached hydrogen (secondary N) is 17. The number of nitrogens with zero attached hydrogens (tertiary/aromatic N) is 3. The van der Waals surface area contributed by atoms with Crippen LogP contribution in [0.4, 0.5) is 0 Å². The Labute approximate surface area is 671 Å². The molecule has 0 unspecified atom stereocenters. The number of phenols is 1. The highest BCUT2D eigenvalue weighted by molar-refractivity contribution is 8.76. The number of phenolic OH excluding ortho intramolecular Hbond substituents is 1. The van der Waals surface area contributed by atoms with Crippen molar-refractivity contribution in [3.05, 3.63) is 65.7 Å². The van der Waals surface area contributed by atoms with E-state index in [9.17, 15) is 53.7 Å². The first-order chi connectivity index (χ1) is 54.8. The lowest BCUT2D eigenvalue weighted by molar-refractivity contribution is -0.148. The average Bonchev–Trinajstić information content (AvgIpc) is 1.82. The molecule has 0 saturated carbocycles. The Bertz CT molecular complexity index is 3850. The molecule has 5 aliphatic heterocycles. The van der Waals surface area contributed by atoms with Gasteiger partial charge in [-0.1, -0.05) is 84.3 Å². The molecule has 41 nitrogen and oxygen atoms in total. The fourth-order valence-corrected chi connectivity index (χ4v) is 16.1. The van der Waals surface area contributed by atoms with Gasteiger partial charge in [0, 0.05) is 63.6 Å². The van der Waals surface area contributed by atoms with Crippen molar-refractivity contribution in [2.45, 2.75) is 195 Å². The molecule has 26 N–H and O–H groups in total. The molecule has 7 rings (SSSR count). The van der Waals surface area contributed by atoms with E-state index in [4.69, 9.17) is 33.4 Å². The molecule has 5 aliphatic rings. The van der Waals surface area contributed by atoms with Crippen LogP contribution < -0.4 is 91.6 Å². The Morgan fingerprint density at radius 1 is 0.487 bits per heavy atom. The molecule has 5 saturated heterocycles. The summed E-state index contributed by atoms with van der Waals surface area (Å²) in [4.78, 5) is 224. The van der Waals surface area contributed by atoms with Crippen molar-refractivity contribution < 1.29 is 87.2 Å². The van der Waals surface area contributed by atoms with Crippen LogP contribution in [0.1, 0.15) is 115 Å². The Hall–Kier alpha value is -11.2. The maximum Gasteiger partial charge on any atom is 0.305 e. The maximum atomic E-state index is 15.5. The number of benzene rings is 2. The molecular weight excluding hydrogens is 1540 g/mol. The molecule has 0 aromatic heterocycles. The average molecular weight is 1650 g/mol. The van der Waals surface area contributed by atoms with Crippen LogP contribution in [0.15, 0.2) is 54.6 Å². The lowest BCUT2D eigenvalue weighted by Gasteiger charge is -2.34. The number of aromatic hydroxyl groups is 1. The number of carbonyl (C=O) groups excluding carboxylic acids is 14. The van der Waals surface area contributed by atoms with Gasteiger partial charge >= 0.3 is 5.97 Å². The van der Waals surface area contributed by atoms with Crippen LogP contribution in [-0.4, -0.2) is 279 Å². The summed E-state index contributed by atoms with van der Waals surface area (Å²) in [5.41, 5.74) is 17.5. The van der Waals surface area contributed by atoms with Gasteiger partial charge < -0.3 is 122 Å². The van der Waals surface area contributed by atoms with E-state index in [-0.39, 0.29) is 122 Å². The van der Waals surface area contributed by atoms with Gasteiger partial charge in [-0.05, 0) is 106 Å². The molecule has 0 radical (unpaired) electrons. The molecule has 630 valence electrons. The predicted molar refractivity (Wildman–Crippen MR) is 420 cm³/mol. The second-order valence-electron chi connectivity index (χ2n) is 28.6. The number of aliphatic hydroxyl groups excluding tert-OH is 1. The number of rotatable bonds is 21. The van der Waals surface area contributed by atoms with E-state index >= 15 is 33.6 Å². The van der Waals surface area contributed by atoms with E-state index in [0.717, 1.165) is 21.6 Å². The third kappa shape index (κ3) is 27.8. The van der Waals surface area contributed by atoms with Crippen LogP contribution in [0.5, 0.6) is 5.75 Å². The summed E-state index contributed by atoms with van der Waals surface area (Å²) in [5.74, 6) is -18.3. The van der Waals surface area contributed by atoms with E-state index < -0.39 is 229 Å². The van der Waals surface area contributed by atoms with Gasteiger partial charge in [0.25, 0.3) is 0 Å². The second kappa shape index (κ2) is 45.0. The van der Waals surface area contributed by atoms with Gasteiger partial charge in [0.15, 0.2) is 17.9 Å². The van der Waals surface area contributed by atoms with Crippen molar-refractivity contribution >= 4 is 128 Å². The summed E-state index contributed by atoms with van der Waals surface area (Å²) in [5, 5.41) is 90.7. The maximum absolute atomic E-state index is 15.5. The number of aliphatic carboxylic acids is 1. The largest absolute Gasteiger partial charge is 0.508 e. The van der Waals surface area contributed by atoms with Crippen molar-refractivity contribution in [1.29, 1.82) is 16.2 Å². The fraction of sp³-hybridized carbons (Fsp3) is 0.583. The highest BCUT2D eigenvalue weighted by Crippen LogP contribution is 2.29. The van der Waals surface area contributed by atoms with Gasteiger partial charge in [-0.2, -0.15) is 0 Å². The standard InChI is InChI=1S/C72H107N23O18S2/c1-3-38(2)56-66(110)91-50-37-115-114-36-49(90-58(102)42(15-7-25-79-70(73)74)83-54(98)34-82-57(101)46(33-55(99)100)87-64(108)51-18-10-28-93(51)68(112)47(88-63(50)107)32-39-13-5-4-6-14-39)62(106)86-45(31-40-21-23-41(97)24-22-40)60(104)84-43(16-8-26-80-71(75)76)59(103)89-48(35-96)61(105)85-44(17-9-27-81-72(77)78)67(111)95-30-12-20-53(95)69(113)94-29-11-19-52(94)65(109)92-56/h4-6,13-14,21-24,38,42-53,56,96-97H,3,7-12,15-20,25-37H2,1-2H3,(H,82,101)(H,83,98)(H,84,104)(H,85,105)(H,86,106)(H,87,108)(H,88,107)(H,89,103)(H,90,102)(H,91,110)(H,92,109)(H,99,100)(H4,73,74,79)(H4,75,76,80)(H4,77,78,81)/t38-,42-,43-,44-,45-,46-,47-,48-,49-,50-,51-,52-,53-,56-/m0/s1. The van der Waals surface area contributed by atoms with Gasteiger partial charge in [-0.3, -0.25) is 88.1 Å². The first kappa shape index (κ1) is 90.9. The fourth-order valence-electron chi connectivity index (χ4n) is 13.8. The molecular formula is C72H107N23O18S2. The lowest BCUT2D eigenvalue weighted by atomic mass is 9.97. The zero-order chi connectivity index (χ0) is 84.0. The molecule has 14 amide bonds. The molecule has 2 aromatic rings. The van der Waals surface area contributed by atoms with Crippen LogP contribution in [0.2, 0.25) is 0 Å². The van der Waals surface area contributed by atoms with E-state index in [1.807, 2.05) is 0 Å². The normalized spacial score (nSPS) is 26.3. The minimum atomic E-state index is -1.87. The number of carboxylic acid groups (broad SMARTS) is 1. The van der Waals surface area contributed by atoms with Crippen molar-refractivity contribution in [1.82, 2.24) is 89.1 Å². The molecule has 5 heterocycles. The summed E-state index contributed by atoms with van der Waals surface area (Å²) in [6.45, 7) is 1.23. The number of hydrogen-bond donors (Lipinski definition) is 23. The molecule has 0 spiro atoms. The predicted octanol–water partition coefficient (Wildman–Crippen LogP) is -6.17. The van der Waals surface area contributed by atoms with E-state index in [0.29, 0.717) is 24.0 Å². The Balaban J connectivity index is 1.38. The lowest BCUT2D eigenvalue weighted by Crippen LogP contribution is -2.62. The number of hydrogen-bond acceptors (Lipinski definition) is 22. The Morgan fingerprint density at radius 2 is 0.904 bits per heavy atom. The summed E-state index contributed by atoms with van der Waals surface area (Å²) in [6, 6.07) is -6.70. The van der Waals surface area contributed by atoms with Gasteiger partial charge in [0.05, 0.1) is 19.6 Å². The summed E-state index contributed by atoms with van der Waals surface area (Å²) in [7, 11) is 1.69. The van der Waals surface area contributed by atoms with Crippen LogP contribution in [0.25, 0.3) is 0 Å². The number of guanidine groups is 3. The zero-order valence-corrected chi connectivity index (χ0v) is 65.7. The van der Waals surface area contributed by atoms with Gasteiger partial charge in [-0.15, -0.1) is 0 Å². The number of fused-ring (bicyclic) bond motifs is 8. The molecule has 5 fully saturated rings. The second-order valence-corrected chi connectivity index (χ2v) is 31.2. The third-order valence-electron chi connectivity index (χ3n) is 20.1. The monoisotopic (exact) mass is 1650 g/mol. The zero-order valence-electron chi connectivity index (χ0n) is 64.0. The smallest absolute Gasteiger partial charge is 0.305 e. The van der Waals surface area contributed by atoms with Gasteiger partial charge in [-0.25, -0.2) is 0 Å². The molecule has 0 aliphatic carbocycles. The number of nitrogens with two attached hydrogens (primary N) is 3. The minimum absolute atomic E-state index is 0.000473. The van der Waals surface area contributed by atoms with Crippen molar-refractivity contribution in [2.24, 2.45) is 23.1 Å². The van der Waals surface area contributed by atoms with E-state index in [1.54, 1.807) is 44.2 Å². The molecule has 115 heavy (non-hydrogen) atoms. The first-order valence-electron chi connectivity index (χ1n) is 38.2. The van der Waals surface area contributed by atoms with Crippen LogP contribution in [0, 0.1) is 22.1 Å². The molecule has 2 bridgehead atoms. The number of carbonyl (C=O) groups is 15. The SMILES string of the molecule is CC[C@H](C)[C@@H]1NC(=O)[C@@H]2CCCN2C(=O)[C@@H]2CCCN2C(=O)[C@H](CCCNC(=N)N)NC(=O)[C@H](CO)NC(=O)[C@H](CCCNC(=N)N)NC(=O)[C@H](Cc2ccc(O)cc2)NC(=O)[C@@H]2CSSC[C@H](NC1=O)C(=O)N[C@@H](Cc1ccccc1)C(=O)N1CCC[C@H]1C(=O)N[C@@H](CC(=O)O)C(=O)NCC(=O)N[C@@H](CCCNC(=N)N)C(=O)N2. The van der Waals surface area contributed by atoms with Crippen LogP contribution in [-0.2, 0) is 84.8 Å². The minimum Gasteiger partial charge on any atom is -0.508 e. The van der Waals surface area contributed by atoms with E-state index in [1.165, 1.54) is 39.0 Å². The summed E-state index contributed by atoms with van der Waals surface area (Å²) >= 11 is 0. The molecule has 2 aromatic carbocycles. The number of carboxylic acids is 1. The highest BCUT2D eigenvalue weighted by atomic mass is 33.1. The number of amides is 14. The number of aliphatic hydroxyl groups is 1. The summed E-state index contributed by atoms with van der Waals surface area (Å²) in [6.07, 6.45) is -1.09. The van der Waals surface area contributed by atoms with Crippen LogP contribution >= 0.6 is 21.6 Å². The highest BCUT2D eigenvalue weighted by Gasteiger charge is 2.47. The first-order valence-corrected chi connectivity index (χ1v) is 40.7. The quantitative estimate of drug-likeness (QED) is 0.0239. The molecule has 43 heteroatoms. The topological polar surface area (TPSA) is 644 Å². The third-order valence-corrected chi connectivity index (χ3v) is 22.5. The summed E-state index contributed by atoms with van der Waals surface area (Å²) < 4.78 is 0. The van der Waals surface area contributed by atoms with Crippen molar-refractivity contribution in [3.63, 3.8) is 0 Å². The van der Waals surface area contributed by atoms with E-state index in [2.05, 4.69) is 74.4 Å². The van der Waals surface area contributed by atoms with Gasteiger partial charge in [0.1, 0.15) is 84.3 Å². The van der Waals surface area contributed by atoms with Crippen molar-refractivity contribution in [2.75, 3.05) is 63.9 Å². The van der Waals surface area contributed by atoms with Crippen molar-refractivity contribution in [3.8, 4) is 5.75 Å².